The molecule has 0 heterocycles. The molecule has 6 aromatic rings. The minimum atomic E-state index is -0.0969. The predicted octanol–water partition coefficient (Wildman–Crippen LogP) is 13.3. The molecule has 6 rings (SSSR count). The van der Waals surface area contributed by atoms with Gasteiger partial charge >= 0.3 is 25.8 Å². The van der Waals surface area contributed by atoms with Crippen LogP contribution in [0.2, 0.25) is 0 Å². The van der Waals surface area contributed by atoms with Gasteiger partial charge in [0.15, 0.2) is 0 Å². The van der Waals surface area contributed by atoms with E-state index in [1.54, 1.807) is 0 Å². The van der Waals surface area contributed by atoms with Crippen molar-refractivity contribution in [2.75, 3.05) is 0 Å². The molecule has 0 nitrogen and oxygen atoms in total. The third-order valence-corrected chi connectivity index (χ3v) is 9.32. The Bertz CT molecular complexity index is 1730. The summed E-state index contributed by atoms with van der Waals surface area (Å²) in [5, 5.41) is 5.36. The van der Waals surface area contributed by atoms with Crippen LogP contribution in [0.25, 0.3) is 43.8 Å². The smallest absolute Gasteiger partial charge is 0.358 e. The molecule has 0 saturated carbocycles. The van der Waals surface area contributed by atoms with Crippen LogP contribution in [0.15, 0.2) is 109 Å². The summed E-state index contributed by atoms with van der Waals surface area (Å²) in [6, 6.07) is 41.7. The first-order valence-electron chi connectivity index (χ1n) is 15.7. The summed E-state index contributed by atoms with van der Waals surface area (Å²) in [6.07, 6.45) is 1.09. The molecule has 230 valence electrons. The second-order valence-corrected chi connectivity index (χ2v) is 13.6. The van der Waals surface area contributed by atoms with Crippen molar-refractivity contribution in [2.24, 2.45) is 5.92 Å². The summed E-state index contributed by atoms with van der Waals surface area (Å²) >= 11 is 0. The summed E-state index contributed by atoms with van der Waals surface area (Å²) in [5.74, 6) is 1.59. The van der Waals surface area contributed by atoms with Crippen LogP contribution in [0.5, 0.6) is 0 Å². The molecule has 1 heteroatoms. The van der Waals surface area contributed by atoms with Crippen LogP contribution in [-0.2, 0) is 31.3 Å². The van der Waals surface area contributed by atoms with Crippen molar-refractivity contribution in [1.82, 2.24) is 0 Å². The number of hydrogen-bond acceptors (Lipinski definition) is 0. The Labute approximate surface area is 292 Å². The molecule has 0 saturated heterocycles. The molecule has 6 aromatic carbocycles. The molecule has 0 spiro atoms. The fourth-order valence-electron chi connectivity index (χ4n) is 6.96. The zero-order valence-electron chi connectivity index (χ0n) is 28.8. The predicted molar refractivity (Wildman–Crippen MR) is 197 cm³/mol. The molecule has 0 bridgehead atoms. The zero-order chi connectivity index (χ0) is 29.6. The first kappa shape index (κ1) is 36.4. The second kappa shape index (κ2) is 14.6. The maximum atomic E-state index is 2.49. The third-order valence-electron chi connectivity index (χ3n) is 9.32. The molecule has 0 N–H and O–H groups in total. The van der Waals surface area contributed by atoms with Gasteiger partial charge in [0.05, 0.1) is 0 Å². The molecule has 0 aliphatic rings. The molecular formula is C44H50Hf. The van der Waals surface area contributed by atoms with Crippen LogP contribution in [0.3, 0.4) is 0 Å². The van der Waals surface area contributed by atoms with Crippen LogP contribution >= 0.6 is 0 Å². The quantitative estimate of drug-likeness (QED) is 0.107. The van der Waals surface area contributed by atoms with Crippen molar-refractivity contribution < 1.29 is 25.8 Å². The molecule has 0 aliphatic carbocycles. The number of benzene rings is 4. The van der Waals surface area contributed by atoms with E-state index < -0.39 is 0 Å². The van der Waals surface area contributed by atoms with Gasteiger partial charge < -0.3 is 14.9 Å². The Kier molecular flexibility index (Phi) is 11.8. The molecule has 0 unspecified atom stereocenters. The van der Waals surface area contributed by atoms with E-state index in [2.05, 4.69) is 158 Å². The number of fused-ring (bicyclic) bond motifs is 2. The summed E-state index contributed by atoms with van der Waals surface area (Å²) in [7, 11) is 0. The van der Waals surface area contributed by atoms with Gasteiger partial charge in [0, 0.05) is 0 Å². The van der Waals surface area contributed by atoms with Crippen LogP contribution in [0, 0.1) is 20.8 Å². The van der Waals surface area contributed by atoms with Crippen molar-refractivity contribution in [3.8, 4) is 22.3 Å². The third kappa shape index (κ3) is 7.05. The van der Waals surface area contributed by atoms with Gasteiger partial charge in [-0.1, -0.05) is 120 Å². The first-order chi connectivity index (χ1) is 20.1. The minimum absolute atomic E-state index is 0. The van der Waals surface area contributed by atoms with Gasteiger partial charge in [-0.25, -0.2) is 0 Å². The summed E-state index contributed by atoms with van der Waals surface area (Å²) in [4.78, 5) is 0. The van der Waals surface area contributed by atoms with Crippen LogP contribution in [0.4, 0.5) is 0 Å². The second-order valence-electron chi connectivity index (χ2n) is 13.6. The molecule has 0 atom stereocenters. The van der Waals surface area contributed by atoms with Crippen molar-refractivity contribution in [1.29, 1.82) is 0 Å². The van der Waals surface area contributed by atoms with E-state index in [4.69, 9.17) is 0 Å². The van der Waals surface area contributed by atoms with Gasteiger partial charge in [-0.05, 0) is 51.8 Å². The van der Waals surface area contributed by atoms with Crippen LogP contribution in [0.1, 0.15) is 89.0 Å². The fraction of sp³-hybridized carbons (Fsp3) is 0.273. The van der Waals surface area contributed by atoms with E-state index in [-0.39, 0.29) is 46.1 Å². The van der Waals surface area contributed by atoms with Gasteiger partial charge in [0.1, 0.15) is 0 Å². The van der Waals surface area contributed by atoms with E-state index >= 15 is 0 Å². The van der Waals surface area contributed by atoms with Crippen molar-refractivity contribution in [3.63, 3.8) is 0 Å². The zero-order valence-corrected chi connectivity index (χ0v) is 32.4. The molecule has 45 heavy (non-hydrogen) atoms. The Morgan fingerprint density at radius 2 is 0.956 bits per heavy atom. The Balaban J connectivity index is 0.00000184. The SMILES string of the molecule is CC(C)CC(C)(c1cc2c(-c3cccc(C(C)C)c3)cccc2[cH-]1)c1cc2c(-c3cccc(C(C)C)c3)cccc2[cH-]1.[CH3-].[CH3-].[Hf+4]. The van der Waals surface area contributed by atoms with Crippen LogP contribution in [-0.4, -0.2) is 0 Å². The van der Waals surface area contributed by atoms with Gasteiger partial charge in [-0.3, -0.25) is 0 Å². The van der Waals surface area contributed by atoms with Gasteiger partial charge in [0.2, 0.25) is 0 Å². The van der Waals surface area contributed by atoms with Crippen molar-refractivity contribution >= 4 is 21.5 Å². The van der Waals surface area contributed by atoms with Gasteiger partial charge in [-0.2, -0.15) is 12.1 Å². The number of hydrogen-bond donors (Lipinski definition) is 0. The topological polar surface area (TPSA) is 0 Å². The Morgan fingerprint density at radius 3 is 1.33 bits per heavy atom. The molecule has 0 fully saturated rings. The normalized spacial score (nSPS) is 11.6. The van der Waals surface area contributed by atoms with E-state index in [0.29, 0.717) is 17.8 Å². The average Bonchev–Trinajstić information content (AvgIpc) is 3.62. The van der Waals surface area contributed by atoms with E-state index in [9.17, 15) is 0 Å². The largest absolute Gasteiger partial charge is 4.00 e. The van der Waals surface area contributed by atoms with Crippen LogP contribution < -0.4 is 0 Å². The van der Waals surface area contributed by atoms with Gasteiger partial charge in [0.25, 0.3) is 0 Å². The fourth-order valence-corrected chi connectivity index (χ4v) is 6.96. The molecule has 0 aliphatic heterocycles. The van der Waals surface area contributed by atoms with E-state index in [1.807, 2.05) is 0 Å². The van der Waals surface area contributed by atoms with Crippen molar-refractivity contribution in [3.05, 3.63) is 146 Å². The molecule has 0 aromatic heterocycles. The molecule has 0 amide bonds. The maximum absolute atomic E-state index is 2.49. The first-order valence-corrected chi connectivity index (χ1v) is 15.7. The standard InChI is InChI=1S/C42H44.2CH3.Hf/c1-27(2)26-42(7,36-22-34-16-10-18-38(40(34)24-36)32-14-8-12-30(20-32)28(3)4)37-23-35-17-11-19-39(41(35)25-37)33-15-9-13-31(21-33)29(5)6;;;/h8-25,27-29H,26H2,1-7H3;2*1H3;/q-2;2*-1;+4. The number of rotatable bonds is 8. The average molecular weight is 757 g/mol. The molecular weight excluding hydrogens is 707 g/mol. The Hall–Kier alpha value is -3.03. The summed E-state index contributed by atoms with van der Waals surface area (Å²) in [5.41, 5.74) is 10.8. The van der Waals surface area contributed by atoms with E-state index in [1.165, 1.54) is 66.1 Å². The monoisotopic (exact) mass is 758 g/mol. The molecule has 0 radical (unpaired) electrons. The maximum Gasteiger partial charge on any atom is 4.00 e. The minimum Gasteiger partial charge on any atom is -0.358 e. The summed E-state index contributed by atoms with van der Waals surface area (Å²) < 4.78 is 0. The summed E-state index contributed by atoms with van der Waals surface area (Å²) in [6.45, 7) is 16.3. The van der Waals surface area contributed by atoms with Crippen molar-refractivity contribution in [2.45, 2.75) is 72.1 Å². The Morgan fingerprint density at radius 1 is 0.556 bits per heavy atom. The van der Waals surface area contributed by atoms with E-state index in [0.717, 1.165) is 6.42 Å². The van der Waals surface area contributed by atoms with Gasteiger partial charge in [-0.15, -0.1) is 69.1 Å².